The molecule has 0 amide bonds. The molecule has 3 aromatic rings. The Balaban J connectivity index is 1.86. The van der Waals surface area contributed by atoms with Crippen molar-refractivity contribution >= 4 is 11.6 Å². The first kappa shape index (κ1) is 15.3. The maximum absolute atomic E-state index is 12.6. The van der Waals surface area contributed by atoms with Gasteiger partial charge < -0.3 is 4.90 Å². The van der Waals surface area contributed by atoms with E-state index >= 15 is 0 Å². The molecule has 0 aliphatic heterocycles. The summed E-state index contributed by atoms with van der Waals surface area (Å²) in [5.74, 6) is 1.25. The lowest BCUT2D eigenvalue weighted by atomic mass is 10.1. The maximum atomic E-state index is 12.6. The van der Waals surface area contributed by atoms with Gasteiger partial charge in [-0.2, -0.15) is 27.8 Å². The molecule has 0 aliphatic rings. The van der Waals surface area contributed by atoms with Gasteiger partial charge in [0.15, 0.2) is 0 Å². The Bertz CT molecular complexity index is 823. The zero-order chi connectivity index (χ0) is 16.6. The van der Waals surface area contributed by atoms with E-state index in [0.29, 0.717) is 12.3 Å². The van der Waals surface area contributed by atoms with E-state index in [-0.39, 0.29) is 0 Å². The zero-order valence-corrected chi connectivity index (χ0v) is 12.5. The van der Waals surface area contributed by atoms with Crippen molar-refractivity contribution in [1.29, 1.82) is 0 Å². The van der Waals surface area contributed by atoms with Crippen LogP contribution in [0.15, 0.2) is 36.7 Å². The van der Waals surface area contributed by atoms with Gasteiger partial charge in [-0.05, 0) is 24.6 Å². The van der Waals surface area contributed by atoms with E-state index in [1.54, 1.807) is 4.52 Å². The number of anilines is 1. The molecule has 0 fully saturated rings. The highest BCUT2D eigenvalue weighted by molar-refractivity contribution is 5.47. The van der Waals surface area contributed by atoms with Crippen LogP contribution in [0, 0.1) is 6.92 Å². The van der Waals surface area contributed by atoms with E-state index < -0.39 is 11.7 Å². The molecular weight excluding hydrogens is 307 g/mol. The first-order valence-corrected chi connectivity index (χ1v) is 6.89. The molecule has 0 aliphatic carbocycles. The summed E-state index contributed by atoms with van der Waals surface area (Å²) in [6, 6.07) is 6.99. The van der Waals surface area contributed by atoms with Gasteiger partial charge in [-0.25, -0.2) is 4.98 Å². The molecule has 120 valence electrons. The molecule has 0 N–H and O–H groups in total. The first-order valence-electron chi connectivity index (χ1n) is 6.89. The van der Waals surface area contributed by atoms with E-state index in [2.05, 4.69) is 15.1 Å². The van der Waals surface area contributed by atoms with Crippen molar-refractivity contribution in [2.45, 2.75) is 19.6 Å². The van der Waals surface area contributed by atoms with E-state index in [9.17, 15) is 13.2 Å². The minimum absolute atomic E-state index is 0.441. The van der Waals surface area contributed by atoms with Crippen LogP contribution in [0.4, 0.5) is 19.0 Å². The van der Waals surface area contributed by atoms with Crippen LogP contribution in [-0.2, 0) is 12.7 Å². The Hall–Kier alpha value is -2.64. The van der Waals surface area contributed by atoms with Crippen LogP contribution < -0.4 is 4.90 Å². The fourth-order valence-electron chi connectivity index (χ4n) is 2.34. The summed E-state index contributed by atoms with van der Waals surface area (Å²) >= 11 is 0. The molecule has 0 spiro atoms. The standard InChI is InChI=1S/C15H14F3N5/c1-10-7-13(23-14(21-10)19-9-20-23)22(2)8-11-3-5-12(6-4-11)15(16,17)18/h3-7,9H,8H2,1-2H3. The molecule has 8 heteroatoms. The summed E-state index contributed by atoms with van der Waals surface area (Å²) in [4.78, 5) is 10.2. The third-order valence-corrected chi connectivity index (χ3v) is 3.45. The van der Waals surface area contributed by atoms with Gasteiger partial charge in [0.05, 0.1) is 5.56 Å². The quantitative estimate of drug-likeness (QED) is 0.744. The summed E-state index contributed by atoms with van der Waals surface area (Å²) in [6.45, 7) is 2.29. The third-order valence-electron chi connectivity index (χ3n) is 3.45. The normalized spacial score (nSPS) is 11.9. The number of benzene rings is 1. The van der Waals surface area contributed by atoms with Crippen molar-refractivity contribution in [3.63, 3.8) is 0 Å². The van der Waals surface area contributed by atoms with Gasteiger partial charge in [0.1, 0.15) is 12.1 Å². The topological polar surface area (TPSA) is 46.3 Å². The fourth-order valence-corrected chi connectivity index (χ4v) is 2.34. The highest BCUT2D eigenvalue weighted by atomic mass is 19.4. The number of hydrogen-bond donors (Lipinski definition) is 0. The highest BCUT2D eigenvalue weighted by Crippen LogP contribution is 2.29. The minimum atomic E-state index is -4.32. The monoisotopic (exact) mass is 321 g/mol. The molecule has 3 rings (SSSR count). The Morgan fingerprint density at radius 3 is 2.52 bits per heavy atom. The molecule has 0 radical (unpaired) electrons. The number of fused-ring (bicyclic) bond motifs is 1. The highest BCUT2D eigenvalue weighted by Gasteiger charge is 2.29. The van der Waals surface area contributed by atoms with Crippen molar-refractivity contribution in [2.75, 3.05) is 11.9 Å². The number of aromatic nitrogens is 4. The predicted octanol–water partition coefficient (Wildman–Crippen LogP) is 3.09. The first-order chi connectivity index (χ1) is 10.8. The number of hydrogen-bond acceptors (Lipinski definition) is 4. The van der Waals surface area contributed by atoms with Crippen LogP contribution in [0.25, 0.3) is 5.78 Å². The van der Waals surface area contributed by atoms with E-state index in [4.69, 9.17) is 0 Å². The lowest BCUT2D eigenvalue weighted by Crippen LogP contribution is -2.20. The van der Waals surface area contributed by atoms with Crippen LogP contribution >= 0.6 is 0 Å². The summed E-state index contributed by atoms with van der Waals surface area (Å²) < 4.78 is 39.4. The Morgan fingerprint density at radius 2 is 1.87 bits per heavy atom. The van der Waals surface area contributed by atoms with Crippen molar-refractivity contribution in [3.8, 4) is 0 Å². The molecule has 2 heterocycles. The minimum Gasteiger partial charge on any atom is -0.355 e. The molecule has 23 heavy (non-hydrogen) atoms. The van der Waals surface area contributed by atoms with Gasteiger partial charge in [-0.3, -0.25) is 0 Å². The third kappa shape index (κ3) is 3.10. The summed E-state index contributed by atoms with van der Waals surface area (Å²) in [5, 5.41) is 4.12. The largest absolute Gasteiger partial charge is 0.416 e. The van der Waals surface area contributed by atoms with Gasteiger partial charge in [-0.1, -0.05) is 12.1 Å². The second-order valence-electron chi connectivity index (χ2n) is 5.28. The summed E-state index contributed by atoms with van der Waals surface area (Å²) in [5.41, 5.74) is 0.908. The Morgan fingerprint density at radius 1 is 1.17 bits per heavy atom. The molecule has 5 nitrogen and oxygen atoms in total. The molecule has 2 aromatic heterocycles. The van der Waals surface area contributed by atoms with Crippen LogP contribution in [0.3, 0.4) is 0 Å². The lowest BCUT2D eigenvalue weighted by Gasteiger charge is -2.20. The molecule has 0 bridgehead atoms. The molecule has 0 saturated carbocycles. The van der Waals surface area contributed by atoms with Crippen molar-refractivity contribution in [3.05, 3.63) is 53.5 Å². The van der Waals surface area contributed by atoms with Crippen molar-refractivity contribution < 1.29 is 13.2 Å². The second-order valence-corrected chi connectivity index (χ2v) is 5.28. The number of alkyl halides is 3. The summed E-state index contributed by atoms with van der Waals surface area (Å²) in [6.07, 6.45) is -2.91. The SMILES string of the molecule is Cc1cc(N(C)Cc2ccc(C(F)(F)F)cc2)n2ncnc2n1. The van der Waals surface area contributed by atoms with Crippen molar-refractivity contribution in [1.82, 2.24) is 19.6 Å². The van der Waals surface area contributed by atoms with Crippen LogP contribution in [0.2, 0.25) is 0 Å². The van der Waals surface area contributed by atoms with E-state index in [0.717, 1.165) is 29.2 Å². The van der Waals surface area contributed by atoms with Gasteiger partial charge >= 0.3 is 6.18 Å². The average Bonchev–Trinajstić information content (AvgIpc) is 2.94. The van der Waals surface area contributed by atoms with Gasteiger partial charge in [0.25, 0.3) is 5.78 Å². The smallest absolute Gasteiger partial charge is 0.355 e. The van der Waals surface area contributed by atoms with Crippen LogP contribution in [-0.4, -0.2) is 26.6 Å². The number of rotatable bonds is 3. The average molecular weight is 321 g/mol. The maximum Gasteiger partial charge on any atom is 0.416 e. The van der Waals surface area contributed by atoms with Crippen molar-refractivity contribution in [2.24, 2.45) is 0 Å². The zero-order valence-electron chi connectivity index (χ0n) is 12.5. The van der Waals surface area contributed by atoms with Gasteiger partial charge in [0.2, 0.25) is 0 Å². The lowest BCUT2D eigenvalue weighted by molar-refractivity contribution is -0.137. The molecular formula is C15H14F3N5. The Labute approximate surface area is 130 Å². The number of aryl methyl sites for hydroxylation is 1. The molecule has 0 atom stereocenters. The van der Waals surface area contributed by atoms with E-state index in [1.165, 1.54) is 18.5 Å². The Kier molecular flexibility index (Phi) is 3.67. The van der Waals surface area contributed by atoms with Gasteiger partial charge in [0, 0.05) is 25.4 Å². The predicted molar refractivity (Wildman–Crippen MR) is 79.1 cm³/mol. The number of nitrogens with zero attached hydrogens (tertiary/aromatic N) is 5. The fraction of sp³-hybridized carbons (Fsp3) is 0.267. The number of halogens is 3. The van der Waals surface area contributed by atoms with Crippen LogP contribution in [0.1, 0.15) is 16.8 Å². The second kappa shape index (κ2) is 5.53. The molecule has 0 unspecified atom stereocenters. The van der Waals surface area contributed by atoms with Crippen LogP contribution in [0.5, 0.6) is 0 Å². The molecule has 0 saturated heterocycles. The molecule has 1 aromatic carbocycles. The van der Waals surface area contributed by atoms with Gasteiger partial charge in [-0.15, -0.1) is 0 Å². The van der Waals surface area contributed by atoms with E-state index in [1.807, 2.05) is 24.9 Å². The summed E-state index contributed by atoms with van der Waals surface area (Å²) in [7, 11) is 1.84.